The Morgan fingerprint density at radius 1 is 1.32 bits per heavy atom. The summed E-state index contributed by atoms with van der Waals surface area (Å²) in [4.78, 5) is 5.34. The zero-order chi connectivity index (χ0) is 13.4. The van der Waals surface area contributed by atoms with Crippen LogP contribution in [-0.4, -0.2) is 4.98 Å². The van der Waals surface area contributed by atoms with Gasteiger partial charge in [0, 0.05) is 5.39 Å². The molecule has 3 rings (SSSR count). The molecular weight excluding hydrogens is 258 g/mol. The second-order valence-electron chi connectivity index (χ2n) is 4.59. The molecule has 4 nitrogen and oxygen atoms in total. The molecule has 0 amide bonds. The topological polar surface area (TPSA) is 64.1 Å². The molecule has 0 saturated carbocycles. The summed E-state index contributed by atoms with van der Waals surface area (Å²) in [7, 11) is 0. The van der Waals surface area contributed by atoms with Crippen molar-refractivity contribution in [2.24, 2.45) is 5.84 Å². The molecule has 0 radical (unpaired) electrons. The Hall–Kier alpha value is -1.69. The van der Waals surface area contributed by atoms with E-state index in [1.54, 1.807) is 11.3 Å². The molecule has 98 valence electrons. The number of nitrogens with one attached hydrogen (secondary N) is 1. The van der Waals surface area contributed by atoms with E-state index >= 15 is 0 Å². The highest BCUT2D eigenvalue weighted by atomic mass is 32.1. The van der Waals surface area contributed by atoms with E-state index in [1.807, 2.05) is 30.6 Å². The fraction of sp³-hybridized carbons (Fsp3) is 0.214. The highest BCUT2D eigenvalue weighted by Gasteiger charge is 2.20. The van der Waals surface area contributed by atoms with Crippen LogP contribution in [0.25, 0.3) is 11.0 Å². The van der Waals surface area contributed by atoms with Gasteiger partial charge in [0.1, 0.15) is 17.4 Å². The molecule has 1 atom stereocenters. The summed E-state index contributed by atoms with van der Waals surface area (Å²) in [5.74, 6) is 6.50. The van der Waals surface area contributed by atoms with Gasteiger partial charge in [-0.25, -0.2) is 10.4 Å². The van der Waals surface area contributed by atoms with Crippen molar-refractivity contribution in [2.45, 2.75) is 19.9 Å². The summed E-state index contributed by atoms with van der Waals surface area (Å²) in [5, 5.41) is 1.09. The number of fused-ring (bicyclic) bond motifs is 1. The van der Waals surface area contributed by atoms with Gasteiger partial charge >= 0.3 is 0 Å². The number of rotatable bonds is 3. The lowest BCUT2D eigenvalue weighted by Gasteiger charge is -2.11. The minimum Gasteiger partial charge on any atom is -0.459 e. The van der Waals surface area contributed by atoms with Gasteiger partial charge in [-0.3, -0.25) is 5.84 Å². The summed E-state index contributed by atoms with van der Waals surface area (Å²) in [6.07, 6.45) is 0. The molecule has 0 aliphatic heterocycles. The van der Waals surface area contributed by atoms with Crippen LogP contribution in [0.15, 0.2) is 34.2 Å². The predicted octanol–water partition coefficient (Wildman–Crippen LogP) is 3.06. The first kappa shape index (κ1) is 12.3. The standard InChI is InChI=1S/C14H15N3OS/c1-8-3-4-11-10(5-8)6-12(18-11)13(17-15)14-9(2)16-7-19-14/h3-7,13,17H,15H2,1-2H3. The second kappa shape index (κ2) is 4.77. The van der Waals surface area contributed by atoms with Crippen LogP contribution in [0.5, 0.6) is 0 Å². The van der Waals surface area contributed by atoms with E-state index < -0.39 is 0 Å². The molecular formula is C14H15N3OS. The lowest BCUT2D eigenvalue weighted by atomic mass is 10.1. The van der Waals surface area contributed by atoms with Crippen molar-refractivity contribution in [1.29, 1.82) is 0 Å². The van der Waals surface area contributed by atoms with E-state index in [9.17, 15) is 0 Å². The zero-order valence-corrected chi connectivity index (χ0v) is 11.6. The molecule has 3 N–H and O–H groups in total. The van der Waals surface area contributed by atoms with Gasteiger partial charge in [0.25, 0.3) is 0 Å². The molecule has 2 aromatic heterocycles. The quantitative estimate of drug-likeness (QED) is 0.568. The van der Waals surface area contributed by atoms with E-state index in [0.717, 1.165) is 27.3 Å². The smallest absolute Gasteiger partial charge is 0.134 e. The first-order valence-corrected chi connectivity index (χ1v) is 6.93. The first-order chi connectivity index (χ1) is 9.19. The fourth-order valence-electron chi connectivity index (χ4n) is 2.20. The molecule has 0 spiro atoms. The van der Waals surface area contributed by atoms with Gasteiger partial charge in [0.05, 0.1) is 16.1 Å². The van der Waals surface area contributed by atoms with Crippen molar-refractivity contribution in [3.8, 4) is 0 Å². The lowest BCUT2D eigenvalue weighted by Crippen LogP contribution is -2.28. The van der Waals surface area contributed by atoms with E-state index in [2.05, 4.69) is 23.4 Å². The first-order valence-electron chi connectivity index (χ1n) is 6.05. The van der Waals surface area contributed by atoms with Gasteiger partial charge in [-0.1, -0.05) is 11.6 Å². The number of thiazole rings is 1. The highest BCUT2D eigenvalue weighted by molar-refractivity contribution is 7.09. The monoisotopic (exact) mass is 273 g/mol. The lowest BCUT2D eigenvalue weighted by molar-refractivity contribution is 0.480. The van der Waals surface area contributed by atoms with Gasteiger partial charge in [-0.15, -0.1) is 11.3 Å². The maximum Gasteiger partial charge on any atom is 0.134 e. The van der Waals surface area contributed by atoms with E-state index in [4.69, 9.17) is 10.3 Å². The average Bonchev–Trinajstić information content (AvgIpc) is 2.97. The molecule has 0 bridgehead atoms. The minimum absolute atomic E-state index is 0.153. The van der Waals surface area contributed by atoms with Crippen LogP contribution in [0, 0.1) is 13.8 Å². The summed E-state index contributed by atoms with van der Waals surface area (Å²) in [6.45, 7) is 4.04. The minimum atomic E-state index is -0.153. The number of aryl methyl sites for hydroxylation is 2. The van der Waals surface area contributed by atoms with Crippen LogP contribution < -0.4 is 11.3 Å². The Balaban J connectivity index is 2.09. The molecule has 0 fully saturated rings. The molecule has 1 aromatic carbocycles. The summed E-state index contributed by atoms with van der Waals surface area (Å²) in [5.41, 5.74) is 7.70. The Bertz CT molecular complexity index is 716. The van der Waals surface area contributed by atoms with Crippen LogP contribution in [0.2, 0.25) is 0 Å². The van der Waals surface area contributed by atoms with Crippen molar-refractivity contribution >= 4 is 22.3 Å². The predicted molar refractivity (Wildman–Crippen MR) is 77.0 cm³/mol. The number of benzene rings is 1. The largest absolute Gasteiger partial charge is 0.459 e. The highest BCUT2D eigenvalue weighted by Crippen LogP contribution is 2.31. The van der Waals surface area contributed by atoms with Crippen molar-refractivity contribution in [1.82, 2.24) is 10.4 Å². The molecule has 0 aliphatic carbocycles. The molecule has 1 unspecified atom stereocenters. The van der Waals surface area contributed by atoms with Crippen molar-refractivity contribution in [3.05, 3.63) is 51.7 Å². The van der Waals surface area contributed by atoms with Crippen molar-refractivity contribution in [2.75, 3.05) is 0 Å². The molecule has 2 heterocycles. The van der Waals surface area contributed by atoms with Crippen LogP contribution >= 0.6 is 11.3 Å². The Morgan fingerprint density at radius 3 is 2.84 bits per heavy atom. The van der Waals surface area contributed by atoms with E-state index in [-0.39, 0.29) is 6.04 Å². The fourth-order valence-corrected chi connectivity index (χ4v) is 3.07. The van der Waals surface area contributed by atoms with Gasteiger partial charge in [-0.05, 0) is 32.0 Å². The number of hydrazine groups is 1. The van der Waals surface area contributed by atoms with Crippen molar-refractivity contribution < 1.29 is 4.42 Å². The van der Waals surface area contributed by atoms with E-state index in [1.165, 1.54) is 5.56 Å². The third kappa shape index (κ3) is 2.16. The van der Waals surface area contributed by atoms with Gasteiger partial charge in [-0.2, -0.15) is 0 Å². The van der Waals surface area contributed by atoms with E-state index in [0.29, 0.717) is 0 Å². The Labute approximate surface area is 115 Å². The number of hydrogen-bond donors (Lipinski definition) is 2. The van der Waals surface area contributed by atoms with Crippen molar-refractivity contribution in [3.63, 3.8) is 0 Å². The number of nitrogens with zero attached hydrogens (tertiary/aromatic N) is 1. The SMILES string of the molecule is Cc1ccc2oc(C(NN)c3scnc3C)cc2c1. The Kier molecular flexibility index (Phi) is 3.10. The van der Waals surface area contributed by atoms with Gasteiger partial charge < -0.3 is 4.42 Å². The zero-order valence-electron chi connectivity index (χ0n) is 10.8. The molecule has 0 saturated heterocycles. The number of hydrogen-bond acceptors (Lipinski definition) is 5. The van der Waals surface area contributed by atoms with Crippen LogP contribution in [-0.2, 0) is 0 Å². The molecule has 3 aromatic rings. The second-order valence-corrected chi connectivity index (χ2v) is 5.48. The normalized spacial score (nSPS) is 13.0. The van der Waals surface area contributed by atoms with Gasteiger partial charge in [0.15, 0.2) is 0 Å². The summed E-state index contributed by atoms with van der Waals surface area (Å²) < 4.78 is 5.89. The average molecular weight is 273 g/mol. The summed E-state index contributed by atoms with van der Waals surface area (Å²) in [6, 6.07) is 8.02. The number of furan rings is 1. The molecule has 5 heteroatoms. The maximum absolute atomic E-state index is 5.89. The summed E-state index contributed by atoms with van der Waals surface area (Å²) >= 11 is 1.58. The molecule has 0 aliphatic rings. The molecule has 19 heavy (non-hydrogen) atoms. The number of aromatic nitrogens is 1. The third-order valence-electron chi connectivity index (χ3n) is 3.19. The third-order valence-corrected chi connectivity index (χ3v) is 4.18. The maximum atomic E-state index is 5.89. The Morgan fingerprint density at radius 2 is 2.16 bits per heavy atom. The van der Waals surface area contributed by atoms with Crippen LogP contribution in [0.4, 0.5) is 0 Å². The number of nitrogens with two attached hydrogens (primary N) is 1. The van der Waals surface area contributed by atoms with Gasteiger partial charge in [0.2, 0.25) is 0 Å². The van der Waals surface area contributed by atoms with Crippen LogP contribution in [0.3, 0.4) is 0 Å². The van der Waals surface area contributed by atoms with Crippen LogP contribution in [0.1, 0.15) is 27.9 Å².